The van der Waals surface area contributed by atoms with E-state index < -0.39 is 0 Å². The van der Waals surface area contributed by atoms with Crippen molar-refractivity contribution >= 4 is 57.7 Å². The van der Waals surface area contributed by atoms with Crippen LogP contribution < -0.4 is 10.6 Å². The van der Waals surface area contributed by atoms with E-state index in [0.717, 1.165) is 50.7 Å². The second-order valence-electron chi connectivity index (χ2n) is 6.46. The first-order chi connectivity index (χ1) is 12.3. The number of anilines is 1. The maximum Gasteiger partial charge on any atom is 0.191 e. The Labute approximate surface area is 179 Å². The minimum Gasteiger partial charge on any atom is -0.370 e. The van der Waals surface area contributed by atoms with Gasteiger partial charge in [-0.25, -0.2) is 9.97 Å². The third-order valence-electron chi connectivity index (χ3n) is 4.78. The lowest BCUT2D eigenvalue weighted by Crippen LogP contribution is -2.51. The zero-order chi connectivity index (χ0) is 17.1. The van der Waals surface area contributed by atoms with Gasteiger partial charge in [-0.3, -0.25) is 4.99 Å². The van der Waals surface area contributed by atoms with Gasteiger partial charge in [0.25, 0.3) is 0 Å². The standard InChI is InChI=1S/C17H24N6S2.HI/c18-16(22-8-10-23(11-9-22)17-20-7-12-24-17)19-6-5-15-21-13-3-1-2-4-14(13)25-15;/h7,12H,1-6,8-11H2,(H2,18,19);1H. The van der Waals surface area contributed by atoms with Crippen LogP contribution in [-0.4, -0.2) is 53.6 Å². The first-order valence-corrected chi connectivity index (χ1v) is 10.7. The summed E-state index contributed by atoms with van der Waals surface area (Å²) in [4.78, 5) is 19.7. The van der Waals surface area contributed by atoms with Crippen LogP contribution in [0.25, 0.3) is 0 Å². The molecule has 0 amide bonds. The molecule has 6 nitrogen and oxygen atoms in total. The molecule has 0 saturated carbocycles. The number of hydrogen-bond acceptors (Lipinski definition) is 6. The lowest BCUT2D eigenvalue weighted by molar-refractivity contribution is 0.380. The topological polar surface area (TPSA) is 70.6 Å². The van der Waals surface area contributed by atoms with Gasteiger partial charge in [0.1, 0.15) is 0 Å². The molecule has 1 aliphatic carbocycles. The number of nitrogens with two attached hydrogens (primary N) is 1. The fraction of sp³-hybridized carbons (Fsp3) is 0.588. The Morgan fingerprint density at radius 2 is 2.00 bits per heavy atom. The minimum absolute atomic E-state index is 0. The number of thiazole rings is 2. The summed E-state index contributed by atoms with van der Waals surface area (Å²) in [7, 11) is 0. The number of aliphatic imine (C=N–C) groups is 1. The van der Waals surface area contributed by atoms with Crippen molar-refractivity contribution in [3.8, 4) is 0 Å². The van der Waals surface area contributed by atoms with Gasteiger partial charge >= 0.3 is 0 Å². The molecular formula is C17H25IN6S2. The number of piperazine rings is 1. The van der Waals surface area contributed by atoms with Crippen molar-refractivity contribution in [2.45, 2.75) is 32.1 Å². The summed E-state index contributed by atoms with van der Waals surface area (Å²) in [6.45, 7) is 4.43. The molecular weight excluding hydrogens is 479 g/mol. The first kappa shape index (κ1) is 19.8. The van der Waals surface area contributed by atoms with Gasteiger partial charge in [0, 0.05) is 55.6 Å². The maximum atomic E-state index is 6.20. The fourth-order valence-corrected chi connectivity index (χ4v) is 5.22. The van der Waals surface area contributed by atoms with Gasteiger partial charge in [0.15, 0.2) is 11.1 Å². The average molecular weight is 504 g/mol. The monoisotopic (exact) mass is 504 g/mol. The smallest absolute Gasteiger partial charge is 0.191 e. The molecule has 2 aliphatic rings. The SMILES string of the molecule is I.NC(=NCCc1nc2c(s1)CCCC2)N1CCN(c2nccs2)CC1. The van der Waals surface area contributed by atoms with E-state index in [1.807, 2.05) is 22.9 Å². The van der Waals surface area contributed by atoms with E-state index in [1.54, 1.807) is 11.3 Å². The Morgan fingerprint density at radius 1 is 1.19 bits per heavy atom. The number of halogens is 1. The molecule has 0 atom stereocenters. The average Bonchev–Trinajstić information content (AvgIpc) is 3.31. The molecule has 0 bridgehead atoms. The van der Waals surface area contributed by atoms with Crippen LogP contribution >= 0.6 is 46.7 Å². The molecule has 2 aromatic heterocycles. The van der Waals surface area contributed by atoms with E-state index in [1.165, 1.54) is 34.8 Å². The summed E-state index contributed by atoms with van der Waals surface area (Å²) in [5.41, 5.74) is 7.54. The Morgan fingerprint density at radius 3 is 2.73 bits per heavy atom. The molecule has 2 aromatic rings. The van der Waals surface area contributed by atoms with Crippen molar-refractivity contribution in [1.82, 2.24) is 14.9 Å². The highest BCUT2D eigenvalue weighted by Crippen LogP contribution is 2.26. The molecule has 2 N–H and O–H groups in total. The fourth-order valence-electron chi connectivity index (χ4n) is 3.38. The summed E-state index contributed by atoms with van der Waals surface area (Å²) >= 11 is 3.56. The largest absolute Gasteiger partial charge is 0.370 e. The molecule has 0 spiro atoms. The number of nitrogens with zero attached hydrogens (tertiary/aromatic N) is 5. The molecule has 142 valence electrons. The molecule has 26 heavy (non-hydrogen) atoms. The lowest BCUT2D eigenvalue weighted by Gasteiger charge is -2.35. The number of rotatable bonds is 4. The Balaban J connectivity index is 0.00000196. The van der Waals surface area contributed by atoms with Crippen LogP contribution in [0.4, 0.5) is 5.13 Å². The normalized spacial score (nSPS) is 17.8. The molecule has 1 saturated heterocycles. The molecule has 4 rings (SSSR count). The zero-order valence-corrected chi connectivity index (χ0v) is 18.7. The Hall–Kier alpha value is -0.940. The number of fused-ring (bicyclic) bond motifs is 1. The van der Waals surface area contributed by atoms with Crippen LogP contribution in [0.1, 0.15) is 28.4 Å². The van der Waals surface area contributed by atoms with Crippen molar-refractivity contribution in [2.75, 3.05) is 37.6 Å². The van der Waals surface area contributed by atoms with E-state index in [2.05, 4.69) is 19.8 Å². The number of aromatic nitrogens is 2. The van der Waals surface area contributed by atoms with Crippen molar-refractivity contribution < 1.29 is 0 Å². The molecule has 0 aromatic carbocycles. The molecule has 0 unspecified atom stereocenters. The highest BCUT2D eigenvalue weighted by Gasteiger charge is 2.20. The van der Waals surface area contributed by atoms with Crippen molar-refractivity contribution in [3.63, 3.8) is 0 Å². The number of guanidine groups is 1. The van der Waals surface area contributed by atoms with Crippen LogP contribution in [-0.2, 0) is 19.3 Å². The van der Waals surface area contributed by atoms with Crippen molar-refractivity contribution in [3.05, 3.63) is 27.2 Å². The van der Waals surface area contributed by atoms with E-state index in [9.17, 15) is 0 Å². The van der Waals surface area contributed by atoms with E-state index in [4.69, 9.17) is 10.7 Å². The van der Waals surface area contributed by atoms with Crippen LogP contribution in [0.15, 0.2) is 16.6 Å². The van der Waals surface area contributed by atoms with Gasteiger partial charge in [0.2, 0.25) is 0 Å². The van der Waals surface area contributed by atoms with Gasteiger partial charge in [-0.1, -0.05) is 0 Å². The molecule has 1 fully saturated rings. The molecule has 9 heteroatoms. The predicted molar refractivity (Wildman–Crippen MR) is 120 cm³/mol. The van der Waals surface area contributed by atoms with E-state index in [0.29, 0.717) is 5.96 Å². The van der Waals surface area contributed by atoms with Crippen molar-refractivity contribution in [2.24, 2.45) is 10.7 Å². The van der Waals surface area contributed by atoms with E-state index >= 15 is 0 Å². The Bertz CT molecular complexity index is 698. The summed E-state index contributed by atoms with van der Waals surface area (Å²) in [5.74, 6) is 0.667. The van der Waals surface area contributed by atoms with E-state index in [-0.39, 0.29) is 24.0 Å². The van der Waals surface area contributed by atoms with Gasteiger partial charge in [-0.05, 0) is 25.7 Å². The maximum absolute atomic E-state index is 6.20. The Kier molecular flexibility index (Phi) is 7.10. The highest BCUT2D eigenvalue weighted by atomic mass is 127. The molecule has 1 aliphatic heterocycles. The van der Waals surface area contributed by atoms with Crippen LogP contribution in [0.2, 0.25) is 0 Å². The number of hydrogen-bond donors (Lipinski definition) is 1. The predicted octanol–water partition coefficient (Wildman–Crippen LogP) is 2.78. The van der Waals surface area contributed by atoms with Gasteiger partial charge < -0.3 is 15.5 Å². The third-order valence-corrected chi connectivity index (χ3v) is 6.83. The summed E-state index contributed by atoms with van der Waals surface area (Å²) in [6.07, 6.45) is 7.72. The summed E-state index contributed by atoms with van der Waals surface area (Å²) in [6, 6.07) is 0. The second-order valence-corrected chi connectivity index (χ2v) is 8.50. The van der Waals surface area contributed by atoms with Crippen molar-refractivity contribution in [1.29, 1.82) is 0 Å². The van der Waals surface area contributed by atoms with Gasteiger partial charge in [0.05, 0.1) is 10.7 Å². The van der Waals surface area contributed by atoms with Gasteiger partial charge in [-0.15, -0.1) is 46.7 Å². The highest BCUT2D eigenvalue weighted by molar-refractivity contribution is 14.0. The molecule has 3 heterocycles. The quantitative estimate of drug-likeness (QED) is 0.394. The zero-order valence-electron chi connectivity index (χ0n) is 14.8. The number of aryl methyl sites for hydroxylation is 2. The van der Waals surface area contributed by atoms with Crippen LogP contribution in [0.5, 0.6) is 0 Å². The second kappa shape index (κ2) is 9.32. The molecule has 0 radical (unpaired) electrons. The van der Waals surface area contributed by atoms with Crippen LogP contribution in [0.3, 0.4) is 0 Å². The first-order valence-electron chi connectivity index (χ1n) is 8.96. The summed E-state index contributed by atoms with van der Waals surface area (Å²) < 4.78 is 0. The van der Waals surface area contributed by atoms with Crippen LogP contribution in [0, 0.1) is 0 Å². The lowest BCUT2D eigenvalue weighted by atomic mass is 10.0. The minimum atomic E-state index is 0. The third kappa shape index (κ3) is 4.66. The van der Waals surface area contributed by atoms with Gasteiger partial charge in [-0.2, -0.15) is 0 Å². The summed E-state index contributed by atoms with van der Waals surface area (Å²) in [5, 5.41) is 4.34.